The van der Waals surface area contributed by atoms with Crippen LogP contribution in [0.15, 0.2) is 24.3 Å². The number of carbonyl (C=O) groups excluding carboxylic acids is 2. The van der Waals surface area contributed by atoms with Crippen molar-refractivity contribution in [2.24, 2.45) is 0 Å². The number of methoxy groups -OCH3 is 1. The molecule has 0 aromatic heterocycles. The lowest BCUT2D eigenvalue weighted by atomic mass is 9.88. The molecule has 0 aliphatic heterocycles. The second-order valence-electron chi connectivity index (χ2n) is 3.61. The van der Waals surface area contributed by atoms with E-state index >= 15 is 0 Å². The van der Waals surface area contributed by atoms with E-state index in [0.717, 1.165) is 0 Å². The van der Waals surface area contributed by atoms with E-state index in [9.17, 15) is 9.59 Å². The first-order valence-corrected chi connectivity index (χ1v) is 5.02. The number of ketones is 2. The highest BCUT2D eigenvalue weighted by Gasteiger charge is 2.25. The van der Waals surface area contributed by atoms with Crippen molar-refractivity contribution in [2.45, 2.75) is 6.42 Å². The van der Waals surface area contributed by atoms with Gasteiger partial charge in [0, 0.05) is 5.56 Å². The van der Waals surface area contributed by atoms with Gasteiger partial charge in [-0.2, -0.15) is 5.26 Å². The molecule has 0 saturated carbocycles. The van der Waals surface area contributed by atoms with Crippen molar-refractivity contribution >= 4 is 17.1 Å². The lowest BCUT2D eigenvalue weighted by Crippen LogP contribution is -2.18. The van der Waals surface area contributed by atoms with Crippen LogP contribution in [0.2, 0.25) is 0 Å². The van der Waals surface area contributed by atoms with E-state index in [2.05, 4.69) is 0 Å². The molecule has 4 heteroatoms. The number of nitriles is 1. The van der Waals surface area contributed by atoms with Gasteiger partial charge in [0.2, 0.25) is 11.6 Å². The van der Waals surface area contributed by atoms with E-state index in [1.807, 2.05) is 6.07 Å². The van der Waals surface area contributed by atoms with Crippen molar-refractivity contribution in [1.29, 1.82) is 5.26 Å². The fourth-order valence-corrected chi connectivity index (χ4v) is 1.78. The zero-order valence-electron chi connectivity index (χ0n) is 9.19. The molecule has 0 spiro atoms. The van der Waals surface area contributed by atoms with Crippen molar-refractivity contribution < 1.29 is 14.3 Å². The molecule has 0 saturated heterocycles. The van der Waals surface area contributed by atoms with Gasteiger partial charge in [-0.05, 0) is 35.4 Å². The number of hydrogen-bond donors (Lipinski definition) is 0. The molecular formula is C13H9NO3. The summed E-state index contributed by atoms with van der Waals surface area (Å²) in [5.74, 6) is -0.521. The Morgan fingerprint density at radius 1 is 1.29 bits per heavy atom. The number of ether oxygens (including phenoxy) is 1. The van der Waals surface area contributed by atoms with Crippen LogP contribution in [0.5, 0.6) is 5.75 Å². The molecule has 0 fully saturated rings. The Labute approximate surface area is 98.1 Å². The number of hydrogen-bond acceptors (Lipinski definition) is 4. The third-order valence-electron chi connectivity index (χ3n) is 2.62. The number of benzene rings is 1. The Balaban J connectivity index is 2.61. The number of carbonyl (C=O) groups is 2. The molecule has 1 aromatic carbocycles. The third-order valence-corrected chi connectivity index (χ3v) is 2.62. The molecule has 0 unspecified atom stereocenters. The molecule has 1 aromatic rings. The number of nitrogens with zero attached hydrogens (tertiary/aromatic N) is 1. The van der Waals surface area contributed by atoms with Gasteiger partial charge in [-0.25, -0.2) is 0 Å². The summed E-state index contributed by atoms with van der Waals surface area (Å²) in [7, 11) is 1.52. The average molecular weight is 227 g/mol. The minimum Gasteiger partial charge on any atom is -0.497 e. The third kappa shape index (κ3) is 1.83. The molecule has 0 heterocycles. The van der Waals surface area contributed by atoms with Crippen LogP contribution in [0.3, 0.4) is 0 Å². The lowest BCUT2D eigenvalue weighted by molar-refractivity contribution is -0.111. The highest BCUT2D eigenvalue weighted by atomic mass is 16.5. The van der Waals surface area contributed by atoms with Crippen LogP contribution in [0, 0.1) is 11.3 Å². The van der Waals surface area contributed by atoms with E-state index < -0.39 is 11.6 Å². The van der Waals surface area contributed by atoms with Crippen molar-refractivity contribution in [3.63, 3.8) is 0 Å². The molecule has 17 heavy (non-hydrogen) atoms. The van der Waals surface area contributed by atoms with Gasteiger partial charge in [0.05, 0.1) is 19.6 Å². The monoisotopic (exact) mass is 227 g/mol. The fourth-order valence-electron chi connectivity index (χ4n) is 1.78. The Morgan fingerprint density at radius 3 is 2.71 bits per heavy atom. The maximum absolute atomic E-state index is 11.6. The smallest absolute Gasteiger partial charge is 0.233 e. The minimum atomic E-state index is -0.576. The summed E-state index contributed by atoms with van der Waals surface area (Å²) < 4.78 is 5.06. The van der Waals surface area contributed by atoms with E-state index in [-0.39, 0.29) is 6.42 Å². The lowest BCUT2D eigenvalue weighted by Gasteiger charge is -2.15. The van der Waals surface area contributed by atoms with E-state index in [1.54, 1.807) is 18.2 Å². The van der Waals surface area contributed by atoms with Gasteiger partial charge in [0.25, 0.3) is 0 Å². The SMILES string of the molecule is COc1ccc2c(c1)C(CC#N)=CC(=O)C2=O. The minimum absolute atomic E-state index is 0.0964. The average Bonchev–Trinajstić information content (AvgIpc) is 2.35. The maximum Gasteiger partial charge on any atom is 0.233 e. The molecule has 1 aliphatic carbocycles. The van der Waals surface area contributed by atoms with Crippen molar-refractivity contribution in [3.05, 3.63) is 35.4 Å². The standard InChI is InChI=1S/C13H9NO3/c1-17-9-2-3-10-11(7-9)8(4-5-14)6-12(15)13(10)16/h2-3,6-7H,4H2,1H3. The van der Waals surface area contributed by atoms with Crippen LogP contribution >= 0.6 is 0 Å². The predicted octanol–water partition coefficient (Wildman–Crippen LogP) is 1.76. The van der Waals surface area contributed by atoms with Crippen molar-refractivity contribution in [1.82, 2.24) is 0 Å². The summed E-state index contributed by atoms with van der Waals surface area (Å²) in [5.41, 5.74) is 1.50. The first-order valence-electron chi connectivity index (χ1n) is 5.02. The Morgan fingerprint density at radius 2 is 2.06 bits per heavy atom. The van der Waals surface area contributed by atoms with Gasteiger partial charge in [0.15, 0.2) is 0 Å². The Bertz CT molecular complexity index is 579. The summed E-state index contributed by atoms with van der Waals surface area (Å²) in [6.07, 6.45) is 1.33. The first-order chi connectivity index (χ1) is 8.17. The number of rotatable bonds is 2. The molecule has 1 aliphatic rings. The molecule has 84 valence electrons. The zero-order chi connectivity index (χ0) is 12.4. The van der Waals surface area contributed by atoms with Crippen molar-refractivity contribution in [2.75, 3.05) is 7.11 Å². The Hall–Kier alpha value is -2.41. The van der Waals surface area contributed by atoms with Crippen LogP contribution < -0.4 is 4.74 Å². The van der Waals surface area contributed by atoms with Crippen LogP contribution in [0.25, 0.3) is 5.57 Å². The molecule has 0 atom stereocenters. The largest absolute Gasteiger partial charge is 0.497 e. The molecule has 0 bridgehead atoms. The topological polar surface area (TPSA) is 67.2 Å². The highest BCUT2D eigenvalue weighted by molar-refractivity contribution is 6.50. The van der Waals surface area contributed by atoms with E-state index in [4.69, 9.17) is 10.00 Å². The van der Waals surface area contributed by atoms with E-state index in [1.165, 1.54) is 13.2 Å². The van der Waals surface area contributed by atoms with Crippen LogP contribution in [-0.2, 0) is 4.79 Å². The van der Waals surface area contributed by atoms with Gasteiger partial charge in [0.1, 0.15) is 5.75 Å². The number of Topliss-reactive ketones (excluding diaryl/α,β-unsaturated/α-hetero) is 1. The van der Waals surface area contributed by atoms with Gasteiger partial charge in [-0.15, -0.1) is 0 Å². The zero-order valence-corrected chi connectivity index (χ0v) is 9.19. The van der Waals surface area contributed by atoms with Crippen LogP contribution in [-0.4, -0.2) is 18.7 Å². The second-order valence-corrected chi connectivity index (χ2v) is 3.61. The highest BCUT2D eigenvalue weighted by Crippen LogP contribution is 2.30. The predicted molar refractivity (Wildman–Crippen MR) is 60.5 cm³/mol. The normalized spacial score (nSPS) is 13.8. The fraction of sp³-hybridized carbons (Fsp3) is 0.154. The number of fused-ring (bicyclic) bond motifs is 1. The number of allylic oxidation sites excluding steroid dienone is 2. The molecule has 0 radical (unpaired) electrons. The van der Waals surface area contributed by atoms with Gasteiger partial charge < -0.3 is 4.74 Å². The summed E-state index contributed by atoms with van der Waals surface area (Å²) in [6, 6.07) is 6.83. The van der Waals surface area contributed by atoms with Crippen LogP contribution in [0.1, 0.15) is 22.3 Å². The van der Waals surface area contributed by atoms with Gasteiger partial charge >= 0.3 is 0 Å². The van der Waals surface area contributed by atoms with E-state index in [0.29, 0.717) is 22.4 Å². The summed E-state index contributed by atoms with van der Waals surface area (Å²) in [5, 5.41) is 8.70. The molecule has 0 N–H and O–H groups in total. The Kier molecular flexibility index (Phi) is 2.75. The van der Waals surface area contributed by atoms with Crippen LogP contribution in [0.4, 0.5) is 0 Å². The molecule has 2 rings (SSSR count). The second kappa shape index (κ2) is 4.22. The van der Waals surface area contributed by atoms with Crippen molar-refractivity contribution in [3.8, 4) is 11.8 Å². The maximum atomic E-state index is 11.6. The molecule has 0 amide bonds. The summed E-state index contributed by atoms with van der Waals surface area (Å²) in [4.78, 5) is 23.1. The van der Waals surface area contributed by atoms with Gasteiger partial charge in [-0.3, -0.25) is 9.59 Å². The quantitative estimate of drug-likeness (QED) is 0.722. The van der Waals surface area contributed by atoms with Gasteiger partial charge in [-0.1, -0.05) is 0 Å². The first kappa shape index (κ1) is 11.1. The molecule has 4 nitrogen and oxygen atoms in total. The molecular weight excluding hydrogens is 218 g/mol. The summed E-state index contributed by atoms with van der Waals surface area (Å²) >= 11 is 0. The summed E-state index contributed by atoms with van der Waals surface area (Å²) in [6.45, 7) is 0.